The Morgan fingerprint density at radius 1 is 1.37 bits per heavy atom. The molecule has 0 spiro atoms. The molecule has 1 aliphatic heterocycles. The van der Waals surface area contributed by atoms with E-state index < -0.39 is 0 Å². The molecule has 5 nitrogen and oxygen atoms in total. The van der Waals surface area contributed by atoms with Crippen LogP contribution in [-0.2, 0) is 4.74 Å². The predicted octanol–water partition coefficient (Wildman–Crippen LogP) is 1.30. The van der Waals surface area contributed by atoms with E-state index in [9.17, 15) is 0 Å². The maximum atomic E-state index is 8.82. The monoisotopic (exact) mass is 262 g/mol. The number of rotatable bonds is 5. The fourth-order valence-electron chi connectivity index (χ4n) is 1.95. The fraction of sp³-hybridized carbons (Fsp3) is 0.500. The van der Waals surface area contributed by atoms with Crippen LogP contribution in [0.3, 0.4) is 0 Å². The number of nitriles is 1. The number of hydrogen-bond acceptors (Lipinski definition) is 5. The van der Waals surface area contributed by atoms with Gasteiger partial charge in [-0.15, -0.1) is 0 Å². The minimum absolute atomic E-state index is 0.310. The van der Waals surface area contributed by atoms with Gasteiger partial charge in [0.15, 0.2) is 6.10 Å². The molecule has 1 aromatic carbocycles. The zero-order valence-corrected chi connectivity index (χ0v) is 11.0. The summed E-state index contributed by atoms with van der Waals surface area (Å²) in [5, 5.41) is 8.82. The molecule has 0 aliphatic carbocycles. The van der Waals surface area contributed by atoms with Gasteiger partial charge in [0.1, 0.15) is 18.1 Å². The van der Waals surface area contributed by atoms with Gasteiger partial charge in [-0.05, 0) is 24.3 Å². The third-order valence-electron chi connectivity index (χ3n) is 3.03. The second-order valence-electron chi connectivity index (χ2n) is 4.31. The van der Waals surface area contributed by atoms with Crippen molar-refractivity contribution in [2.45, 2.75) is 6.10 Å². The molecule has 0 radical (unpaired) electrons. The fourth-order valence-corrected chi connectivity index (χ4v) is 1.95. The zero-order valence-electron chi connectivity index (χ0n) is 11.0. The molecule has 0 N–H and O–H groups in total. The maximum absolute atomic E-state index is 8.82. The first-order valence-corrected chi connectivity index (χ1v) is 6.32. The molecule has 1 saturated heterocycles. The normalized spacial score (nSPS) is 19.7. The molecule has 5 heteroatoms. The Kier molecular flexibility index (Phi) is 5.01. The van der Waals surface area contributed by atoms with Crippen LogP contribution in [0.5, 0.6) is 11.5 Å². The SMILES string of the molecule is COc1ccc(OCCN2CCOC(C#N)C2)cc1. The first kappa shape index (κ1) is 13.7. The molecule has 19 heavy (non-hydrogen) atoms. The van der Waals surface area contributed by atoms with E-state index in [0.29, 0.717) is 19.8 Å². The van der Waals surface area contributed by atoms with Gasteiger partial charge in [-0.1, -0.05) is 0 Å². The second-order valence-corrected chi connectivity index (χ2v) is 4.31. The molecule has 0 aromatic heterocycles. The molecule has 1 heterocycles. The summed E-state index contributed by atoms with van der Waals surface area (Å²) >= 11 is 0. The minimum atomic E-state index is -0.310. The lowest BCUT2D eigenvalue weighted by molar-refractivity contribution is -0.00334. The van der Waals surface area contributed by atoms with Crippen molar-refractivity contribution in [1.29, 1.82) is 5.26 Å². The number of benzene rings is 1. The average Bonchev–Trinajstić information content (AvgIpc) is 2.48. The van der Waals surface area contributed by atoms with Crippen LogP contribution in [-0.4, -0.2) is 51.0 Å². The Labute approximate surface area is 113 Å². The third-order valence-corrected chi connectivity index (χ3v) is 3.03. The quantitative estimate of drug-likeness (QED) is 0.800. The number of hydrogen-bond donors (Lipinski definition) is 0. The van der Waals surface area contributed by atoms with Gasteiger partial charge in [0.25, 0.3) is 0 Å². The summed E-state index contributed by atoms with van der Waals surface area (Å²) < 4.78 is 16.0. The largest absolute Gasteiger partial charge is 0.497 e. The van der Waals surface area contributed by atoms with Gasteiger partial charge in [-0.2, -0.15) is 5.26 Å². The van der Waals surface area contributed by atoms with Crippen molar-refractivity contribution in [2.75, 3.05) is 40.0 Å². The Morgan fingerprint density at radius 3 is 2.79 bits per heavy atom. The lowest BCUT2D eigenvalue weighted by atomic mass is 10.3. The van der Waals surface area contributed by atoms with Crippen molar-refractivity contribution in [3.05, 3.63) is 24.3 Å². The molecular weight excluding hydrogens is 244 g/mol. The van der Waals surface area contributed by atoms with Gasteiger partial charge in [-0.25, -0.2) is 0 Å². The first-order chi connectivity index (χ1) is 9.31. The summed E-state index contributed by atoms with van der Waals surface area (Å²) in [5.41, 5.74) is 0. The Morgan fingerprint density at radius 2 is 2.11 bits per heavy atom. The van der Waals surface area contributed by atoms with Gasteiger partial charge < -0.3 is 14.2 Å². The van der Waals surface area contributed by atoms with Gasteiger partial charge in [-0.3, -0.25) is 4.90 Å². The van der Waals surface area contributed by atoms with Crippen LogP contribution < -0.4 is 9.47 Å². The molecule has 1 fully saturated rings. The Bertz CT molecular complexity index is 427. The van der Waals surface area contributed by atoms with Gasteiger partial charge in [0, 0.05) is 19.6 Å². The van der Waals surface area contributed by atoms with Crippen LogP contribution in [0.1, 0.15) is 0 Å². The van der Waals surface area contributed by atoms with Crippen molar-refractivity contribution in [2.24, 2.45) is 0 Å². The first-order valence-electron chi connectivity index (χ1n) is 6.32. The van der Waals surface area contributed by atoms with E-state index in [-0.39, 0.29) is 6.10 Å². The van der Waals surface area contributed by atoms with Crippen LogP contribution in [0.25, 0.3) is 0 Å². The standard InChI is InChI=1S/C14H18N2O3/c1-17-12-2-4-13(5-3-12)18-8-6-16-7-9-19-14(10-15)11-16/h2-5,14H,6-9,11H2,1H3. The maximum Gasteiger partial charge on any atom is 0.156 e. The molecule has 0 saturated carbocycles. The molecule has 1 aliphatic rings. The highest BCUT2D eigenvalue weighted by atomic mass is 16.5. The van der Waals surface area contributed by atoms with Crippen molar-refractivity contribution in [3.8, 4) is 17.6 Å². The average molecular weight is 262 g/mol. The predicted molar refractivity (Wildman–Crippen MR) is 70.3 cm³/mol. The summed E-state index contributed by atoms with van der Waals surface area (Å²) in [4.78, 5) is 2.18. The summed E-state index contributed by atoms with van der Waals surface area (Å²) in [6.45, 7) is 3.52. The van der Waals surface area contributed by atoms with Crippen LogP contribution >= 0.6 is 0 Å². The minimum Gasteiger partial charge on any atom is -0.497 e. The van der Waals surface area contributed by atoms with E-state index >= 15 is 0 Å². The van der Waals surface area contributed by atoms with Crippen LogP contribution in [0.4, 0.5) is 0 Å². The summed E-state index contributed by atoms with van der Waals surface area (Å²) in [5.74, 6) is 1.64. The van der Waals surface area contributed by atoms with Crippen LogP contribution in [0.2, 0.25) is 0 Å². The van der Waals surface area contributed by atoms with E-state index in [1.54, 1.807) is 7.11 Å². The topological polar surface area (TPSA) is 54.7 Å². The van der Waals surface area contributed by atoms with Crippen molar-refractivity contribution in [3.63, 3.8) is 0 Å². The Balaban J connectivity index is 1.72. The van der Waals surface area contributed by atoms with Gasteiger partial charge >= 0.3 is 0 Å². The lowest BCUT2D eigenvalue weighted by Gasteiger charge is -2.29. The smallest absolute Gasteiger partial charge is 0.156 e. The van der Waals surface area contributed by atoms with Gasteiger partial charge in [0.05, 0.1) is 19.8 Å². The molecule has 102 valence electrons. The van der Waals surface area contributed by atoms with Crippen LogP contribution in [0.15, 0.2) is 24.3 Å². The van der Waals surface area contributed by atoms with Crippen molar-refractivity contribution >= 4 is 0 Å². The zero-order chi connectivity index (χ0) is 13.5. The summed E-state index contributed by atoms with van der Waals surface area (Å²) in [7, 11) is 1.64. The van der Waals surface area contributed by atoms with E-state index in [1.165, 1.54) is 0 Å². The molecule has 1 aromatic rings. The van der Waals surface area contributed by atoms with E-state index in [4.69, 9.17) is 19.5 Å². The highest BCUT2D eigenvalue weighted by Gasteiger charge is 2.19. The molecule has 1 atom stereocenters. The van der Waals surface area contributed by atoms with Crippen molar-refractivity contribution < 1.29 is 14.2 Å². The number of nitrogens with zero attached hydrogens (tertiary/aromatic N) is 2. The summed E-state index contributed by atoms with van der Waals surface area (Å²) in [6, 6.07) is 9.65. The van der Waals surface area contributed by atoms with Crippen LogP contribution in [0, 0.1) is 11.3 Å². The molecule has 2 rings (SSSR count). The van der Waals surface area contributed by atoms with Gasteiger partial charge in [0.2, 0.25) is 0 Å². The number of ether oxygens (including phenoxy) is 3. The van der Waals surface area contributed by atoms with E-state index in [2.05, 4.69) is 11.0 Å². The highest BCUT2D eigenvalue weighted by molar-refractivity contribution is 5.31. The molecular formula is C14H18N2O3. The van der Waals surface area contributed by atoms with E-state index in [1.807, 2.05) is 24.3 Å². The highest BCUT2D eigenvalue weighted by Crippen LogP contribution is 2.17. The van der Waals surface area contributed by atoms with Crippen molar-refractivity contribution in [1.82, 2.24) is 4.90 Å². The summed E-state index contributed by atoms with van der Waals surface area (Å²) in [6.07, 6.45) is -0.310. The molecule has 1 unspecified atom stereocenters. The number of methoxy groups -OCH3 is 1. The van der Waals surface area contributed by atoms with E-state index in [0.717, 1.165) is 24.6 Å². The molecule has 0 bridgehead atoms. The third kappa shape index (κ3) is 4.12. The Hall–Kier alpha value is -1.77. The second kappa shape index (κ2) is 6.98. The molecule has 0 amide bonds. The number of morpholine rings is 1. The lowest BCUT2D eigenvalue weighted by Crippen LogP contribution is -2.43.